The van der Waals surface area contributed by atoms with Gasteiger partial charge in [-0.1, -0.05) is 17.2 Å². The van der Waals surface area contributed by atoms with Crippen LogP contribution in [0.15, 0.2) is 36.4 Å². The van der Waals surface area contributed by atoms with E-state index in [9.17, 15) is 9.59 Å². The number of pyridine rings is 1. The predicted molar refractivity (Wildman–Crippen MR) is 90.8 cm³/mol. The van der Waals surface area contributed by atoms with Crippen LogP contribution in [0.25, 0.3) is 11.3 Å². The Bertz CT molecular complexity index is 911. The molecule has 0 aliphatic carbocycles. The molecule has 0 aliphatic rings. The summed E-state index contributed by atoms with van der Waals surface area (Å²) in [6, 6.07) is 10.8. The summed E-state index contributed by atoms with van der Waals surface area (Å²) in [5, 5.41) is 18.2. The number of anilines is 2. The first-order chi connectivity index (χ1) is 12.0. The molecule has 26 heavy (non-hydrogen) atoms. The summed E-state index contributed by atoms with van der Waals surface area (Å²) < 4.78 is 0. The van der Waals surface area contributed by atoms with Crippen molar-refractivity contribution in [1.82, 2.24) is 25.6 Å². The van der Waals surface area contributed by atoms with Gasteiger partial charge in [-0.05, 0) is 42.0 Å². The van der Waals surface area contributed by atoms with Gasteiger partial charge in [-0.3, -0.25) is 14.9 Å². The number of carbonyl (C=O) groups is 2. The number of H-pyrrole nitrogens is 1. The zero-order valence-electron chi connectivity index (χ0n) is 14.6. The number of benzene rings is 1. The van der Waals surface area contributed by atoms with Gasteiger partial charge in [-0.15, -0.1) is 5.10 Å². The van der Waals surface area contributed by atoms with Crippen LogP contribution in [0.5, 0.6) is 0 Å². The Hall–Kier alpha value is -2.62. The average molecular weight is 360 g/mol. The van der Waals surface area contributed by atoms with Crippen LogP contribution in [0.2, 0.25) is 0 Å². The minimum Gasteiger partial charge on any atom is -0.326 e. The molecule has 3 aromatic rings. The number of nitrogens with zero attached hydrogens (tertiary/aromatic N) is 4. The van der Waals surface area contributed by atoms with Crippen molar-refractivity contribution in [3.8, 4) is 11.3 Å². The Morgan fingerprint density at radius 3 is 2.42 bits per heavy atom. The maximum absolute atomic E-state index is 12.3. The number of aromatic nitrogens is 5. The van der Waals surface area contributed by atoms with E-state index in [0.717, 1.165) is 11.1 Å². The molecule has 9 nitrogen and oxygen atoms in total. The van der Waals surface area contributed by atoms with Crippen LogP contribution < -0.4 is 40.2 Å². The largest absolute Gasteiger partial charge is 1.00 e. The van der Waals surface area contributed by atoms with E-state index in [2.05, 4.69) is 36.2 Å². The first-order valence-corrected chi connectivity index (χ1v) is 7.43. The molecule has 0 fully saturated rings. The summed E-state index contributed by atoms with van der Waals surface area (Å²) in [6.07, 6.45) is 0. The van der Waals surface area contributed by atoms with Crippen molar-refractivity contribution in [3.05, 3.63) is 47.7 Å². The van der Waals surface area contributed by atoms with E-state index >= 15 is 0 Å². The number of carbonyl (C=O) groups excluding carboxylic acids is 2. The standard InChI is InChI=1S/C16H15N7O2.Na/c1-9-7-13(11-3-5-12(6-4-11)17-10(2)24)18-14(8-9)15(25)19-16-20-22-23-21-16;/h3-8H,1-2H3,(H,17,24)(H2,19,20,21,22,23,25);/q;+1. The molecule has 3 N–H and O–H groups in total. The Labute approximate surface area is 171 Å². The summed E-state index contributed by atoms with van der Waals surface area (Å²) >= 11 is 0. The first-order valence-electron chi connectivity index (χ1n) is 7.43. The van der Waals surface area contributed by atoms with Gasteiger partial charge in [0.25, 0.3) is 11.9 Å². The minimum atomic E-state index is -0.429. The van der Waals surface area contributed by atoms with Gasteiger partial charge < -0.3 is 5.32 Å². The molecule has 10 heteroatoms. The van der Waals surface area contributed by atoms with Crippen LogP contribution in [0.1, 0.15) is 23.0 Å². The zero-order valence-corrected chi connectivity index (χ0v) is 16.6. The molecular formula is C16H15N7NaO2+. The van der Waals surface area contributed by atoms with Crippen molar-refractivity contribution in [2.24, 2.45) is 0 Å². The molecule has 0 bridgehead atoms. The van der Waals surface area contributed by atoms with E-state index in [0.29, 0.717) is 11.4 Å². The molecule has 2 heterocycles. The van der Waals surface area contributed by atoms with Gasteiger partial charge in [-0.2, -0.15) is 5.21 Å². The molecule has 1 aromatic carbocycles. The van der Waals surface area contributed by atoms with Crippen LogP contribution in [0, 0.1) is 6.92 Å². The molecule has 0 unspecified atom stereocenters. The van der Waals surface area contributed by atoms with Gasteiger partial charge in [0.2, 0.25) is 5.91 Å². The second-order valence-electron chi connectivity index (χ2n) is 5.36. The molecule has 126 valence electrons. The number of aromatic amines is 1. The van der Waals surface area contributed by atoms with Crippen molar-refractivity contribution < 1.29 is 39.1 Å². The van der Waals surface area contributed by atoms with Crippen molar-refractivity contribution in [2.45, 2.75) is 13.8 Å². The maximum atomic E-state index is 12.3. The Morgan fingerprint density at radius 1 is 1.08 bits per heavy atom. The number of aryl methyl sites for hydroxylation is 1. The van der Waals surface area contributed by atoms with Crippen LogP contribution in [-0.4, -0.2) is 37.4 Å². The fourth-order valence-corrected chi connectivity index (χ4v) is 2.24. The van der Waals surface area contributed by atoms with Crippen LogP contribution in [0.3, 0.4) is 0 Å². The number of nitrogens with one attached hydrogen (secondary N) is 3. The minimum absolute atomic E-state index is 0. The molecular weight excluding hydrogens is 345 g/mol. The number of rotatable bonds is 4. The monoisotopic (exact) mass is 360 g/mol. The molecule has 2 amide bonds. The van der Waals surface area contributed by atoms with Crippen LogP contribution in [0.4, 0.5) is 11.6 Å². The first kappa shape index (κ1) is 19.7. The average Bonchev–Trinajstić information content (AvgIpc) is 3.07. The molecule has 0 atom stereocenters. The smallest absolute Gasteiger partial charge is 0.326 e. The van der Waals surface area contributed by atoms with Crippen molar-refractivity contribution in [1.29, 1.82) is 0 Å². The summed E-state index contributed by atoms with van der Waals surface area (Å²) in [5.74, 6) is -0.488. The van der Waals surface area contributed by atoms with E-state index in [1.165, 1.54) is 6.92 Å². The topological polar surface area (TPSA) is 126 Å². The van der Waals surface area contributed by atoms with Gasteiger partial charge in [0.15, 0.2) is 0 Å². The molecule has 0 aliphatic heterocycles. The molecule has 3 rings (SSSR count). The Morgan fingerprint density at radius 2 is 1.81 bits per heavy atom. The van der Waals surface area contributed by atoms with Gasteiger partial charge in [0, 0.05) is 18.2 Å². The summed E-state index contributed by atoms with van der Waals surface area (Å²) in [6.45, 7) is 3.33. The van der Waals surface area contributed by atoms with Crippen molar-refractivity contribution >= 4 is 23.5 Å². The van der Waals surface area contributed by atoms with Crippen molar-refractivity contribution in [3.63, 3.8) is 0 Å². The quantitative estimate of drug-likeness (QED) is 0.501. The van der Waals surface area contributed by atoms with Gasteiger partial charge >= 0.3 is 29.6 Å². The van der Waals surface area contributed by atoms with Crippen molar-refractivity contribution in [2.75, 3.05) is 10.6 Å². The number of tetrazole rings is 1. The predicted octanol–water partition coefficient (Wildman–Crippen LogP) is -1.22. The van der Waals surface area contributed by atoms with Crippen LogP contribution >= 0.6 is 0 Å². The Balaban J connectivity index is 0.00000243. The normalized spacial score (nSPS) is 9.92. The zero-order chi connectivity index (χ0) is 17.8. The fraction of sp³-hybridized carbons (Fsp3) is 0.125. The maximum Gasteiger partial charge on any atom is 1.00 e. The van der Waals surface area contributed by atoms with E-state index in [-0.39, 0.29) is 47.1 Å². The molecule has 0 radical (unpaired) electrons. The van der Waals surface area contributed by atoms with E-state index in [1.54, 1.807) is 18.2 Å². The van der Waals surface area contributed by atoms with Gasteiger partial charge in [-0.25, -0.2) is 4.98 Å². The summed E-state index contributed by atoms with van der Waals surface area (Å²) in [5.41, 5.74) is 3.29. The third-order valence-electron chi connectivity index (χ3n) is 3.27. The van der Waals surface area contributed by atoms with Gasteiger partial charge in [0.05, 0.1) is 5.69 Å². The second-order valence-corrected chi connectivity index (χ2v) is 5.36. The van der Waals surface area contributed by atoms with Crippen LogP contribution in [-0.2, 0) is 4.79 Å². The summed E-state index contributed by atoms with van der Waals surface area (Å²) in [7, 11) is 0. The number of amides is 2. The molecule has 0 saturated carbocycles. The van der Waals surface area contributed by atoms with E-state index in [4.69, 9.17) is 0 Å². The third-order valence-corrected chi connectivity index (χ3v) is 3.27. The molecule has 0 spiro atoms. The fourth-order valence-electron chi connectivity index (χ4n) is 2.24. The Kier molecular flexibility index (Phi) is 6.56. The third kappa shape index (κ3) is 4.94. The summed E-state index contributed by atoms with van der Waals surface area (Å²) in [4.78, 5) is 27.7. The molecule has 0 saturated heterocycles. The van der Waals surface area contributed by atoms with E-state index in [1.807, 2.05) is 25.1 Å². The molecule has 2 aromatic heterocycles. The SMILES string of the molecule is CC(=O)Nc1ccc(-c2cc(C)cc(C(=O)Nc3nn[nH]n3)n2)cc1.[Na+]. The van der Waals surface area contributed by atoms with E-state index < -0.39 is 5.91 Å². The number of hydrogen-bond donors (Lipinski definition) is 3. The second kappa shape index (κ2) is 8.65. The van der Waals surface area contributed by atoms with Gasteiger partial charge in [0.1, 0.15) is 5.69 Å². The number of hydrogen-bond acceptors (Lipinski definition) is 6.